The minimum absolute atomic E-state index is 0.360. The summed E-state index contributed by atoms with van der Waals surface area (Å²) in [5.41, 5.74) is 0.712. The van der Waals surface area contributed by atoms with E-state index < -0.39 is 0 Å². The number of carbonyl (C=O) groups is 1. The van der Waals surface area contributed by atoms with E-state index >= 15 is 0 Å². The summed E-state index contributed by atoms with van der Waals surface area (Å²) < 4.78 is 4.96. The summed E-state index contributed by atoms with van der Waals surface area (Å²) in [7, 11) is 1.67. The molecule has 0 aliphatic carbocycles. The third-order valence-corrected chi connectivity index (χ3v) is 2.77. The van der Waals surface area contributed by atoms with E-state index in [0.29, 0.717) is 23.9 Å². The van der Waals surface area contributed by atoms with Crippen molar-refractivity contribution >= 4 is 23.4 Å². The number of urea groups is 1. The predicted octanol–water partition coefficient (Wildman–Crippen LogP) is 2.57. The molecule has 0 radical (unpaired) electrons. The van der Waals surface area contributed by atoms with Crippen molar-refractivity contribution in [2.24, 2.45) is 0 Å². The number of carbonyl (C=O) groups excluding carboxylic acids is 1. The number of hydrogen-bond donors (Lipinski definition) is 3. The molecule has 0 unspecified atom stereocenters. The van der Waals surface area contributed by atoms with Gasteiger partial charge in [-0.1, -0.05) is 18.2 Å². The summed E-state index contributed by atoms with van der Waals surface area (Å²) in [6.07, 6.45) is 0.887. The van der Waals surface area contributed by atoms with Crippen molar-refractivity contribution in [1.29, 1.82) is 0 Å². The molecule has 0 spiro atoms. The lowest BCUT2D eigenvalue weighted by Crippen LogP contribution is -2.20. The van der Waals surface area contributed by atoms with Gasteiger partial charge in [-0.2, -0.15) is 0 Å². The van der Waals surface area contributed by atoms with Crippen LogP contribution in [0.25, 0.3) is 0 Å². The van der Waals surface area contributed by atoms with Crippen molar-refractivity contribution in [1.82, 2.24) is 10.2 Å². The maximum Gasteiger partial charge on any atom is 0.324 e. The van der Waals surface area contributed by atoms with Gasteiger partial charge in [-0.25, -0.2) is 4.79 Å². The van der Waals surface area contributed by atoms with Crippen LogP contribution in [-0.4, -0.2) is 36.5 Å². The molecule has 2 amide bonds. The molecule has 7 nitrogen and oxygen atoms in total. The Morgan fingerprint density at radius 3 is 2.45 bits per heavy atom. The Labute approximate surface area is 129 Å². The summed E-state index contributed by atoms with van der Waals surface area (Å²) >= 11 is 0. The van der Waals surface area contributed by atoms with Crippen LogP contribution in [0.5, 0.6) is 0 Å². The van der Waals surface area contributed by atoms with Crippen LogP contribution < -0.4 is 16.0 Å². The van der Waals surface area contributed by atoms with Gasteiger partial charge in [0.1, 0.15) is 5.82 Å². The first kappa shape index (κ1) is 15.7. The van der Waals surface area contributed by atoms with Gasteiger partial charge in [0.2, 0.25) is 0 Å². The Balaban J connectivity index is 1.79. The number of rotatable bonds is 7. The van der Waals surface area contributed by atoms with Gasteiger partial charge >= 0.3 is 6.03 Å². The number of benzene rings is 1. The molecule has 0 bridgehead atoms. The van der Waals surface area contributed by atoms with Crippen LogP contribution in [0.3, 0.4) is 0 Å². The molecule has 3 N–H and O–H groups in total. The molecule has 1 heterocycles. The van der Waals surface area contributed by atoms with Crippen molar-refractivity contribution in [3.8, 4) is 0 Å². The van der Waals surface area contributed by atoms with Crippen LogP contribution in [0, 0.1) is 0 Å². The van der Waals surface area contributed by atoms with E-state index in [-0.39, 0.29) is 6.03 Å². The highest BCUT2D eigenvalue weighted by atomic mass is 16.5. The molecule has 7 heteroatoms. The van der Waals surface area contributed by atoms with E-state index in [1.807, 2.05) is 18.2 Å². The Morgan fingerprint density at radius 2 is 1.77 bits per heavy atom. The first-order chi connectivity index (χ1) is 10.8. The fourth-order valence-electron chi connectivity index (χ4n) is 1.73. The van der Waals surface area contributed by atoms with Crippen LogP contribution in [0.15, 0.2) is 42.5 Å². The molecule has 2 aromatic rings. The second-order valence-electron chi connectivity index (χ2n) is 4.52. The van der Waals surface area contributed by atoms with Crippen molar-refractivity contribution in [3.05, 3.63) is 42.5 Å². The number of hydrogen-bond acceptors (Lipinski definition) is 5. The lowest BCUT2D eigenvalue weighted by atomic mass is 10.3. The molecule has 0 saturated heterocycles. The van der Waals surface area contributed by atoms with Crippen molar-refractivity contribution in [2.45, 2.75) is 6.42 Å². The molecular weight excluding hydrogens is 282 g/mol. The van der Waals surface area contributed by atoms with Crippen molar-refractivity contribution in [2.75, 3.05) is 36.2 Å². The number of nitrogens with zero attached hydrogens (tertiary/aromatic N) is 2. The Kier molecular flexibility index (Phi) is 6.13. The number of nitrogens with one attached hydrogen (secondary N) is 3. The van der Waals surface area contributed by atoms with Crippen molar-refractivity contribution < 1.29 is 9.53 Å². The summed E-state index contributed by atoms with van der Waals surface area (Å²) in [5, 5.41) is 16.4. The molecule has 1 aromatic heterocycles. The van der Waals surface area contributed by atoms with Gasteiger partial charge in [-0.05, 0) is 30.7 Å². The van der Waals surface area contributed by atoms with Crippen LogP contribution >= 0.6 is 0 Å². The van der Waals surface area contributed by atoms with Crippen LogP contribution in [0.2, 0.25) is 0 Å². The number of methoxy groups -OCH3 is 1. The molecule has 0 atom stereocenters. The smallest absolute Gasteiger partial charge is 0.324 e. The number of aromatic nitrogens is 2. The Bertz CT molecular complexity index is 574. The zero-order valence-corrected chi connectivity index (χ0v) is 12.4. The highest BCUT2D eigenvalue weighted by molar-refractivity contribution is 5.99. The van der Waals surface area contributed by atoms with Gasteiger partial charge in [-0.15, -0.1) is 10.2 Å². The SMILES string of the molecule is COCCCNc1ccc(NC(=O)Nc2ccccc2)nn1. The summed E-state index contributed by atoms with van der Waals surface area (Å²) in [6.45, 7) is 1.45. The van der Waals surface area contributed by atoms with Gasteiger partial charge in [0.15, 0.2) is 5.82 Å². The van der Waals surface area contributed by atoms with Gasteiger partial charge in [0.25, 0.3) is 0 Å². The van der Waals surface area contributed by atoms with E-state index in [9.17, 15) is 4.79 Å². The minimum Gasteiger partial charge on any atom is -0.385 e. The third-order valence-electron chi connectivity index (χ3n) is 2.77. The van der Waals surface area contributed by atoms with Crippen LogP contribution in [-0.2, 0) is 4.74 Å². The van der Waals surface area contributed by atoms with E-state index in [4.69, 9.17) is 4.74 Å². The van der Waals surface area contributed by atoms with Gasteiger partial charge in [-0.3, -0.25) is 5.32 Å². The molecule has 0 aliphatic heterocycles. The third kappa shape index (κ3) is 5.37. The van der Waals surface area contributed by atoms with E-state index in [1.54, 1.807) is 31.4 Å². The number of anilines is 3. The fourth-order valence-corrected chi connectivity index (χ4v) is 1.73. The Morgan fingerprint density at radius 1 is 1.05 bits per heavy atom. The number of ether oxygens (including phenoxy) is 1. The second kappa shape index (κ2) is 8.58. The first-order valence-electron chi connectivity index (χ1n) is 6.97. The zero-order chi connectivity index (χ0) is 15.6. The lowest BCUT2D eigenvalue weighted by molar-refractivity contribution is 0.197. The largest absolute Gasteiger partial charge is 0.385 e. The van der Waals surface area contributed by atoms with E-state index in [0.717, 1.165) is 13.0 Å². The molecule has 2 rings (SSSR count). The molecule has 1 aromatic carbocycles. The number of para-hydroxylation sites is 1. The molecular formula is C15H19N5O2. The second-order valence-corrected chi connectivity index (χ2v) is 4.52. The summed E-state index contributed by atoms with van der Waals surface area (Å²) in [4.78, 5) is 11.8. The maximum atomic E-state index is 11.8. The normalized spacial score (nSPS) is 10.0. The highest BCUT2D eigenvalue weighted by Gasteiger charge is 2.04. The zero-order valence-electron chi connectivity index (χ0n) is 12.4. The van der Waals surface area contributed by atoms with Crippen LogP contribution in [0.1, 0.15) is 6.42 Å². The molecule has 0 saturated carbocycles. The van der Waals surface area contributed by atoms with Gasteiger partial charge in [0, 0.05) is 25.9 Å². The molecule has 22 heavy (non-hydrogen) atoms. The van der Waals surface area contributed by atoms with Gasteiger partial charge < -0.3 is 15.4 Å². The predicted molar refractivity (Wildman–Crippen MR) is 86.1 cm³/mol. The quantitative estimate of drug-likeness (QED) is 0.684. The average molecular weight is 301 g/mol. The fraction of sp³-hybridized carbons (Fsp3) is 0.267. The average Bonchev–Trinajstić information content (AvgIpc) is 2.54. The van der Waals surface area contributed by atoms with Gasteiger partial charge in [0.05, 0.1) is 0 Å². The van der Waals surface area contributed by atoms with Crippen molar-refractivity contribution in [3.63, 3.8) is 0 Å². The van der Waals surface area contributed by atoms with E-state index in [1.165, 1.54) is 0 Å². The summed E-state index contributed by atoms with van der Waals surface area (Å²) in [5.74, 6) is 1.04. The monoisotopic (exact) mass is 301 g/mol. The minimum atomic E-state index is -0.360. The highest BCUT2D eigenvalue weighted by Crippen LogP contribution is 2.08. The summed E-state index contributed by atoms with van der Waals surface area (Å²) in [6, 6.07) is 12.3. The lowest BCUT2D eigenvalue weighted by Gasteiger charge is -2.07. The standard InChI is InChI=1S/C15H19N5O2/c1-22-11-5-10-16-13-8-9-14(20-19-13)18-15(21)17-12-6-3-2-4-7-12/h2-4,6-9H,5,10-11H2,1H3,(H,16,19)(H2,17,18,20,21). The molecule has 116 valence electrons. The maximum absolute atomic E-state index is 11.8. The Hall–Kier alpha value is -2.67. The van der Waals surface area contributed by atoms with E-state index in [2.05, 4.69) is 26.1 Å². The van der Waals surface area contributed by atoms with Crippen LogP contribution in [0.4, 0.5) is 22.1 Å². The number of amides is 2. The first-order valence-corrected chi connectivity index (χ1v) is 6.97. The molecule has 0 aliphatic rings. The topological polar surface area (TPSA) is 88.2 Å². The molecule has 0 fully saturated rings.